The zero-order valence-corrected chi connectivity index (χ0v) is 10.8. The minimum absolute atomic E-state index is 0.187. The van der Waals surface area contributed by atoms with Crippen LogP contribution < -0.4 is 0 Å². The normalized spacial score (nSPS) is 10.6. The molecule has 0 spiro atoms. The van der Waals surface area contributed by atoms with E-state index in [1.165, 1.54) is 5.56 Å². The monoisotopic (exact) mass is 260 g/mol. The van der Waals surface area contributed by atoms with Gasteiger partial charge in [0.25, 0.3) is 0 Å². The SMILES string of the molecule is Cc1ccc(-n2nnnc2CCCCC(=O)O)cc1. The molecular weight excluding hydrogens is 244 g/mol. The number of carboxylic acids is 1. The van der Waals surface area contributed by atoms with Crippen LogP contribution in [0.2, 0.25) is 0 Å². The van der Waals surface area contributed by atoms with E-state index >= 15 is 0 Å². The predicted molar refractivity (Wildman–Crippen MR) is 69.1 cm³/mol. The zero-order valence-electron chi connectivity index (χ0n) is 10.8. The average molecular weight is 260 g/mol. The first-order valence-electron chi connectivity index (χ1n) is 6.23. The van der Waals surface area contributed by atoms with Crippen molar-refractivity contribution in [1.29, 1.82) is 0 Å². The molecule has 1 N–H and O–H groups in total. The number of unbranched alkanes of at least 4 members (excludes halogenated alkanes) is 1. The fourth-order valence-corrected chi connectivity index (χ4v) is 1.81. The van der Waals surface area contributed by atoms with Gasteiger partial charge >= 0.3 is 5.97 Å². The Hall–Kier alpha value is -2.24. The molecule has 2 aromatic rings. The molecule has 0 aliphatic carbocycles. The van der Waals surface area contributed by atoms with Crippen LogP contribution in [-0.4, -0.2) is 31.3 Å². The van der Waals surface area contributed by atoms with E-state index in [-0.39, 0.29) is 6.42 Å². The Morgan fingerprint density at radius 2 is 2.00 bits per heavy atom. The second-order valence-electron chi connectivity index (χ2n) is 4.44. The third-order valence-corrected chi connectivity index (χ3v) is 2.85. The molecule has 0 unspecified atom stereocenters. The summed E-state index contributed by atoms with van der Waals surface area (Å²) in [7, 11) is 0. The lowest BCUT2D eigenvalue weighted by molar-refractivity contribution is -0.137. The summed E-state index contributed by atoms with van der Waals surface area (Å²) in [4.78, 5) is 10.4. The Morgan fingerprint density at radius 3 is 2.68 bits per heavy atom. The number of carboxylic acid groups (broad SMARTS) is 1. The number of tetrazole rings is 1. The largest absolute Gasteiger partial charge is 0.481 e. The molecule has 0 fully saturated rings. The molecule has 6 nitrogen and oxygen atoms in total. The molecule has 0 amide bonds. The quantitative estimate of drug-likeness (QED) is 0.800. The number of aromatic nitrogens is 4. The molecule has 19 heavy (non-hydrogen) atoms. The van der Waals surface area contributed by atoms with Gasteiger partial charge in [0.15, 0.2) is 5.82 Å². The Balaban J connectivity index is 2.01. The number of aryl methyl sites for hydroxylation is 2. The molecule has 0 bridgehead atoms. The molecule has 0 saturated heterocycles. The van der Waals surface area contributed by atoms with Gasteiger partial charge in [-0.15, -0.1) is 5.10 Å². The molecule has 1 heterocycles. The van der Waals surface area contributed by atoms with E-state index in [2.05, 4.69) is 15.5 Å². The van der Waals surface area contributed by atoms with Gasteiger partial charge < -0.3 is 5.11 Å². The van der Waals surface area contributed by atoms with Crippen molar-refractivity contribution < 1.29 is 9.90 Å². The van der Waals surface area contributed by atoms with Crippen LogP contribution in [0.4, 0.5) is 0 Å². The predicted octanol–water partition coefficient (Wildman–Crippen LogP) is 1.77. The third-order valence-electron chi connectivity index (χ3n) is 2.85. The van der Waals surface area contributed by atoms with E-state index in [0.29, 0.717) is 12.8 Å². The molecule has 0 radical (unpaired) electrons. The van der Waals surface area contributed by atoms with Crippen molar-refractivity contribution >= 4 is 5.97 Å². The van der Waals surface area contributed by atoms with E-state index in [0.717, 1.165) is 17.9 Å². The van der Waals surface area contributed by atoms with Gasteiger partial charge in [-0.1, -0.05) is 17.7 Å². The number of hydrogen-bond donors (Lipinski definition) is 1. The minimum Gasteiger partial charge on any atom is -0.481 e. The second kappa shape index (κ2) is 6.08. The number of benzene rings is 1. The van der Waals surface area contributed by atoms with Gasteiger partial charge in [0.1, 0.15) is 0 Å². The maximum atomic E-state index is 10.4. The van der Waals surface area contributed by atoms with Crippen LogP contribution in [0.1, 0.15) is 30.7 Å². The molecule has 2 rings (SSSR count). The van der Waals surface area contributed by atoms with Gasteiger partial charge in [0, 0.05) is 12.8 Å². The van der Waals surface area contributed by atoms with Crippen LogP contribution in [0.5, 0.6) is 0 Å². The Bertz CT molecular complexity index is 548. The third kappa shape index (κ3) is 3.61. The van der Waals surface area contributed by atoms with Crippen molar-refractivity contribution in [3.8, 4) is 5.69 Å². The lowest BCUT2D eigenvalue weighted by Gasteiger charge is -2.04. The van der Waals surface area contributed by atoms with E-state index < -0.39 is 5.97 Å². The van der Waals surface area contributed by atoms with Crippen LogP contribution in [0.3, 0.4) is 0 Å². The number of carbonyl (C=O) groups is 1. The van der Waals surface area contributed by atoms with Crippen LogP contribution >= 0.6 is 0 Å². The fraction of sp³-hybridized carbons (Fsp3) is 0.385. The summed E-state index contributed by atoms with van der Waals surface area (Å²) in [6, 6.07) is 7.94. The first-order chi connectivity index (χ1) is 9.16. The van der Waals surface area contributed by atoms with Crippen molar-refractivity contribution in [2.75, 3.05) is 0 Å². The molecule has 0 saturated carbocycles. The van der Waals surface area contributed by atoms with E-state index in [4.69, 9.17) is 5.11 Å². The number of aliphatic carboxylic acids is 1. The van der Waals surface area contributed by atoms with Gasteiger partial charge in [0.05, 0.1) is 5.69 Å². The Labute approximate surface area is 111 Å². The lowest BCUT2D eigenvalue weighted by atomic mass is 10.2. The molecule has 100 valence electrons. The Kier molecular flexibility index (Phi) is 4.22. The zero-order chi connectivity index (χ0) is 13.7. The fourth-order valence-electron chi connectivity index (χ4n) is 1.81. The first-order valence-corrected chi connectivity index (χ1v) is 6.23. The van der Waals surface area contributed by atoms with E-state index in [1.807, 2.05) is 31.2 Å². The topological polar surface area (TPSA) is 80.9 Å². The summed E-state index contributed by atoms with van der Waals surface area (Å²) < 4.78 is 1.69. The van der Waals surface area contributed by atoms with Crippen molar-refractivity contribution in [2.45, 2.75) is 32.6 Å². The molecule has 6 heteroatoms. The maximum absolute atomic E-state index is 10.4. The molecule has 0 aliphatic heterocycles. The van der Waals surface area contributed by atoms with Crippen molar-refractivity contribution in [2.24, 2.45) is 0 Å². The minimum atomic E-state index is -0.766. The summed E-state index contributed by atoms with van der Waals surface area (Å²) in [5, 5.41) is 20.2. The molecule has 0 atom stereocenters. The highest BCUT2D eigenvalue weighted by atomic mass is 16.4. The van der Waals surface area contributed by atoms with Crippen LogP contribution in [-0.2, 0) is 11.2 Å². The lowest BCUT2D eigenvalue weighted by Crippen LogP contribution is -2.04. The highest BCUT2D eigenvalue weighted by Gasteiger charge is 2.08. The molecule has 1 aromatic carbocycles. The molecule has 0 aliphatic rings. The second-order valence-corrected chi connectivity index (χ2v) is 4.44. The smallest absolute Gasteiger partial charge is 0.303 e. The average Bonchev–Trinajstić information content (AvgIpc) is 2.84. The number of nitrogens with zero attached hydrogens (tertiary/aromatic N) is 4. The van der Waals surface area contributed by atoms with Crippen molar-refractivity contribution in [3.63, 3.8) is 0 Å². The standard InChI is InChI=1S/C13H16N4O2/c1-10-6-8-11(9-7-10)17-12(14-15-16-17)4-2-3-5-13(18)19/h6-9H,2-5H2,1H3,(H,18,19). The molecule has 1 aromatic heterocycles. The Morgan fingerprint density at radius 1 is 1.26 bits per heavy atom. The summed E-state index contributed by atoms with van der Waals surface area (Å²) in [5.41, 5.74) is 2.10. The van der Waals surface area contributed by atoms with Gasteiger partial charge in [-0.05, 0) is 42.3 Å². The number of hydrogen-bond acceptors (Lipinski definition) is 4. The van der Waals surface area contributed by atoms with Gasteiger partial charge in [-0.3, -0.25) is 4.79 Å². The number of rotatable bonds is 6. The van der Waals surface area contributed by atoms with Crippen LogP contribution in [0.15, 0.2) is 24.3 Å². The van der Waals surface area contributed by atoms with Crippen LogP contribution in [0, 0.1) is 6.92 Å². The van der Waals surface area contributed by atoms with Crippen molar-refractivity contribution in [1.82, 2.24) is 20.2 Å². The summed E-state index contributed by atoms with van der Waals surface area (Å²) in [5.74, 6) is -0.00707. The molecular formula is C13H16N4O2. The maximum Gasteiger partial charge on any atom is 0.303 e. The van der Waals surface area contributed by atoms with E-state index in [1.54, 1.807) is 4.68 Å². The van der Waals surface area contributed by atoms with Gasteiger partial charge in [-0.25, -0.2) is 0 Å². The van der Waals surface area contributed by atoms with Crippen LogP contribution in [0.25, 0.3) is 5.69 Å². The summed E-state index contributed by atoms with van der Waals surface area (Å²) >= 11 is 0. The summed E-state index contributed by atoms with van der Waals surface area (Å²) in [6.45, 7) is 2.02. The highest BCUT2D eigenvalue weighted by Crippen LogP contribution is 2.11. The van der Waals surface area contributed by atoms with Gasteiger partial charge in [-0.2, -0.15) is 4.68 Å². The first kappa shape index (κ1) is 13.2. The van der Waals surface area contributed by atoms with Crippen molar-refractivity contribution in [3.05, 3.63) is 35.7 Å². The summed E-state index contributed by atoms with van der Waals surface area (Å²) in [6.07, 6.45) is 2.26. The van der Waals surface area contributed by atoms with Gasteiger partial charge in [0.2, 0.25) is 0 Å². The highest BCUT2D eigenvalue weighted by molar-refractivity contribution is 5.66. The van der Waals surface area contributed by atoms with E-state index in [9.17, 15) is 4.79 Å².